The molecule has 0 aliphatic rings. The predicted octanol–water partition coefficient (Wildman–Crippen LogP) is 2.30. The Morgan fingerprint density at radius 3 is 2.50 bits per heavy atom. The van der Waals surface area contributed by atoms with Crippen molar-refractivity contribution >= 4 is 21.8 Å². The van der Waals surface area contributed by atoms with Crippen LogP contribution in [0.4, 0.5) is 8.78 Å². The Balaban J connectivity index is 2.48. The van der Waals surface area contributed by atoms with Gasteiger partial charge in [0.25, 0.3) is 0 Å². The van der Waals surface area contributed by atoms with Gasteiger partial charge >= 0.3 is 6.61 Å². The first-order valence-electron chi connectivity index (χ1n) is 4.48. The molecule has 0 radical (unpaired) electrons. The van der Waals surface area contributed by atoms with Crippen LogP contribution >= 0.6 is 15.9 Å². The second-order valence-corrected chi connectivity index (χ2v) is 3.49. The van der Waals surface area contributed by atoms with E-state index < -0.39 is 6.61 Å². The molecule has 1 amide bonds. The largest absolute Gasteiger partial charge is 0.435 e. The minimum absolute atomic E-state index is 0.102. The summed E-state index contributed by atoms with van der Waals surface area (Å²) >= 11 is 3.01. The number of amides is 1. The zero-order valence-corrected chi connectivity index (χ0v) is 9.84. The third kappa shape index (κ3) is 4.57. The van der Waals surface area contributed by atoms with E-state index in [4.69, 9.17) is 0 Å². The monoisotopic (exact) mass is 293 g/mol. The Bertz CT molecular complexity index is 343. The van der Waals surface area contributed by atoms with Crippen molar-refractivity contribution in [1.82, 2.24) is 5.32 Å². The Kier molecular flexibility index (Phi) is 5.18. The van der Waals surface area contributed by atoms with Crippen LogP contribution < -0.4 is 10.1 Å². The van der Waals surface area contributed by atoms with E-state index in [1.54, 1.807) is 12.1 Å². The standard InChI is InChI=1S/C10H10BrF2NO2/c11-5-9(15)14-6-7-1-3-8(4-2-7)16-10(12)13/h1-4,10H,5-6H2,(H,14,15). The molecule has 0 atom stereocenters. The van der Waals surface area contributed by atoms with Gasteiger partial charge in [-0.2, -0.15) is 8.78 Å². The van der Waals surface area contributed by atoms with Crippen molar-refractivity contribution in [2.45, 2.75) is 13.2 Å². The number of hydrogen-bond donors (Lipinski definition) is 1. The first-order valence-corrected chi connectivity index (χ1v) is 5.60. The average Bonchev–Trinajstić information content (AvgIpc) is 2.27. The maximum Gasteiger partial charge on any atom is 0.387 e. The Labute approximate surface area is 99.9 Å². The van der Waals surface area contributed by atoms with Gasteiger partial charge in [-0.1, -0.05) is 28.1 Å². The molecular formula is C10H10BrF2NO2. The second-order valence-electron chi connectivity index (χ2n) is 2.93. The van der Waals surface area contributed by atoms with Crippen LogP contribution in [0.2, 0.25) is 0 Å². The van der Waals surface area contributed by atoms with E-state index in [9.17, 15) is 13.6 Å². The summed E-state index contributed by atoms with van der Waals surface area (Å²) in [6.07, 6.45) is 0. The molecule has 0 aliphatic carbocycles. The summed E-state index contributed by atoms with van der Waals surface area (Å²) in [6, 6.07) is 6.10. The lowest BCUT2D eigenvalue weighted by Crippen LogP contribution is -2.23. The van der Waals surface area contributed by atoms with E-state index >= 15 is 0 Å². The lowest BCUT2D eigenvalue weighted by molar-refractivity contribution is -0.118. The lowest BCUT2D eigenvalue weighted by atomic mass is 10.2. The molecule has 0 heterocycles. The van der Waals surface area contributed by atoms with E-state index in [2.05, 4.69) is 26.0 Å². The topological polar surface area (TPSA) is 38.3 Å². The predicted molar refractivity (Wildman–Crippen MR) is 58.7 cm³/mol. The van der Waals surface area contributed by atoms with Crippen molar-refractivity contribution in [3.05, 3.63) is 29.8 Å². The molecule has 0 aromatic heterocycles. The molecule has 0 fully saturated rings. The third-order valence-electron chi connectivity index (χ3n) is 1.76. The number of carbonyl (C=O) groups is 1. The van der Waals surface area contributed by atoms with Crippen molar-refractivity contribution in [1.29, 1.82) is 0 Å². The van der Waals surface area contributed by atoms with Crippen molar-refractivity contribution in [3.63, 3.8) is 0 Å². The first-order chi connectivity index (χ1) is 7.61. The van der Waals surface area contributed by atoms with Crippen molar-refractivity contribution < 1.29 is 18.3 Å². The summed E-state index contributed by atoms with van der Waals surface area (Å²) < 4.78 is 27.9. The zero-order chi connectivity index (χ0) is 12.0. The Hall–Kier alpha value is -1.17. The summed E-state index contributed by atoms with van der Waals surface area (Å²) in [5.41, 5.74) is 0.816. The van der Waals surface area contributed by atoms with Crippen molar-refractivity contribution in [3.8, 4) is 5.75 Å². The van der Waals surface area contributed by atoms with Gasteiger partial charge in [-0.3, -0.25) is 4.79 Å². The molecule has 0 unspecified atom stereocenters. The van der Waals surface area contributed by atoms with E-state index in [0.29, 0.717) is 6.54 Å². The fraction of sp³-hybridized carbons (Fsp3) is 0.300. The summed E-state index contributed by atoms with van der Waals surface area (Å²) in [6.45, 7) is -2.46. The third-order valence-corrected chi connectivity index (χ3v) is 2.27. The Morgan fingerprint density at radius 2 is 2.00 bits per heavy atom. The van der Waals surface area contributed by atoms with Crippen molar-refractivity contribution in [2.24, 2.45) is 0 Å². The molecule has 16 heavy (non-hydrogen) atoms. The van der Waals surface area contributed by atoms with E-state index in [-0.39, 0.29) is 17.0 Å². The number of carbonyl (C=O) groups excluding carboxylic acids is 1. The lowest BCUT2D eigenvalue weighted by Gasteiger charge is -2.06. The normalized spacial score (nSPS) is 10.2. The molecule has 1 aromatic rings. The van der Waals surface area contributed by atoms with Gasteiger partial charge in [0.05, 0.1) is 5.33 Å². The number of benzene rings is 1. The number of ether oxygens (including phenoxy) is 1. The zero-order valence-electron chi connectivity index (χ0n) is 8.25. The molecule has 1 aromatic carbocycles. The molecule has 3 nitrogen and oxygen atoms in total. The fourth-order valence-electron chi connectivity index (χ4n) is 1.04. The number of hydrogen-bond acceptors (Lipinski definition) is 2. The van der Waals surface area contributed by atoms with Crippen LogP contribution in [0.3, 0.4) is 0 Å². The van der Waals surface area contributed by atoms with Crippen LogP contribution in [0.1, 0.15) is 5.56 Å². The van der Waals surface area contributed by atoms with Gasteiger partial charge in [-0.05, 0) is 17.7 Å². The van der Waals surface area contributed by atoms with Crippen LogP contribution in [0.15, 0.2) is 24.3 Å². The summed E-state index contributed by atoms with van der Waals surface area (Å²) in [5, 5.41) is 2.87. The average molecular weight is 294 g/mol. The highest BCUT2D eigenvalue weighted by atomic mass is 79.9. The molecular weight excluding hydrogens is 284 g/mol. The number of nitrogens with one attached hydrogen (secondary N) is 1. The molecule has 0 saturated heterocycles. The molecule has 0 aliphatic heterocycles. The maximum atomic E-state index is 11.8. The summed E-state index contributed by atoms with van der Waals surface area (Å²) in [5.74, 6) is -0.0292. The first kappa shape index (κ1) is 12.9. The van der Waals surface area contributed by atoms with Crippen molar-refractivity contribution in [2.75, 3.05) is 5.33 Å². The summed E-state index contributed by atoms with van der Waals surface area (Å²) in [4.78, 5) is 10.9. The number of halogens is 3. The van der Waals surface area contributed by atoms with E-state index in [0.717, 1.165) is 5.56 Å². The second kappa shape index (κ2) is 6.42. The molecule has 88 valence electrons. The minimum atomic E-state index is -2.82. The molecule has 1 rings (SSSR count). The smallest absolute Gasteiger partial charge is 0.387 e. The quantitative estimate of drug-likeness (QED) is 0.846. The minimum Gasteiger partial charge on any atom is -0.435 e. The maximum absolute atomic E-state index is 11.8. The highest BCUT2D eigenvalue weighted by molar-refractivity contribution is 9.09. The molecule has 1 N–H and O–H groups in total. The van der Waals surface area contributed by atoms with Crippen LogP contribution in [0.25, 0.3) is 0 Å². The molecule has 6 heteroatoms. The van der Waals surface area contributed by atoms with E-state index in [1.165, 1.54) is 12.1 Å². The van der Waals surface area contributed by atoms with Gasteiger partial charge in [0.1, 0.15) is 5.75 Å². The number of rotatable bonds is 5. The highest BCUT2D eigenvalue weighted by Crippen LogP contribution is 2.14. The summed E-state index contributed by atoms with van der Waals surface area (Å²) in [7, 11) is 0. The molecule has 0 bridgehead atoms. The molecule has 0 saturated carbocycles. The van der Waals surface area contributed by atoms with Gasteiger partial charge in [0.15, 0.2) is 0 Å². The molecule has 0 spiro atoms. The van der Waals surface area contributed by atoms with Gasteiger partial charge in [0.2, 0.25) is 5.91 Å². The van der Waals surface area contributed by atoms with Crippen LogP contribution in [0, 0.1) is 0 Å². The Morgan fingerprint density at radius 1 is 1.38 bits per heavy atom. The van der Waals surface area contributed by atoms with Crippen LogP contribution in [0.5, 0.6) is 5.75 Å². The van der Waals surface area contributed by atoms with Gasteiger partial charge in [-0.25, -0.2) is 0 Å². The number of alkyl halides is 3. The highest BCUT2D eigenvalue weighted by Gasteiger charge is 2.04. The fourth-order valence-corrected chi connectivity index (χ4v) is 1.23. The van der Waals surface area contributed by atoms with Crippen LogP contribution in [-0.4, -0.2) is 17.8 Å². The van der Waals surface area contributed by atoms with E-state index in [1.807, 2.05) is 0 Å². The van der Waals surface area contributed by atoms with Gasteiger partial charge in [-0.15, -0.1) is 0 Å². The van der Waals surface area contributed by atoms with Gasteiger partial charge < -0.3 is 10.1 Å². The van der Waals surface area contributed by atoms with Gasteiger partial charge in [0, 0.05) is 6.54 Å². The SMILES string of the molecule is O=C(CBr)NCc1ccc(OC(F)F)cc1. The van der Waals surface area contributed by atoms with Crippen LogP contribution in [-0.2, 0) is 11.3 Å².